The molecule has 1 aromatic heterocycles. The molecule has 7 nitrogen and oxygen atoms in total. The molecular weight excluding hydrogens is 332 g/mol. The number of carbonyl (C=O) groups is 1. The molecule has 1 heterocycles. The first kappa shape index (κ1) is 17.5. The second-order valence-electron chi connectivity index (χ2n) is 5.99. The molecule has 0 saturated carbocycles. The summed E-state index contributed by atoms with van der Waals surface area (Å²) in [5.41, 5.74) is 2.20. The van der Waals surface area contributed by atoms with Crippen molar-refractivity contribution in [3.8, 4) is 28.6 Å². The molecule has 0 spiro atoms. The van der Waals surface area contributed by atoms with Crippen molar-refractivity contribution in [2.75, 3.05) is 12.4 Å². The minimum Gasteiger partial charge on any atom is -0.497 e. The fourth-order valence-electron chi connectivity index (χ4n) is 2.36. The number of nitrogens with one attached hydrogen (secondary N) is 2. The number of hydrogen-bond acceptors (Lipinski definition) is 5. The highest BCUT2D eigenvalue weighted by atomic mass is 16.5. The van der Waals surface area contributed by atoms with Crippen LogP contribution in [0.4, 0.5) is 10.5 Å². The van der Waals surface area contributed by atoms with E-state index in [9.17, 15) is 4.79 Å². The molecule has 134 valence electrons. The number of aromatic nitrogens is 2. The second kappa shape index (κ2) is 7.69. The van der Waals surface area contributed by atoms with E-state index in [1.807, 2.05) is 50.2 Å². The van der Waals surface area contributed by atoms with Crippen LogP contribution in [0.2, 0.25) is 0 Å². The Bertz CT molecular complexity index is 888. The van der Waals surface area contributed by atoms with Gasteiger partial charge in [0.25, 0.3) is 5.89 Å². The van der Waals surface area contributed by atoms with Gasteiger partial charge in [-0.3, -0.25) is 0 Å². The van der Waals surface area contributed by atoms with E-state index in [1.165, 1.54) is 0 Å². The summed E-state index contributed by atoms with van der Waals surface area (Å²) in [6.45, 7) is 3.80. The van der Waals surface area contributed by atoms with Crippen molar-refractivity contribution < 1.29 is 14.1 Å². The Hall–Kier alpha value is -3.35. The number of methoxy groups -OCH3 is 1. The number of urea groups is 1. The third-order valence-electron chi connectivity index (χ3n) is 3.56. The van der Waals surface area contributed by atoms with Gasteiger partial charge in [0, 0.05) is 22.9 Å². The van der Waals surface area contributed by atoms with Gasteiger partial charge in [-0.15, -0.1) is 0 Å². The molecule has 2 aromatic carbocycles. The Morgan fingerprint density at radius 3 is 2.58 bits per heavy atom. The maximum atomic E-state index is 11.8. The Morgan fingerprint density at radius 2 is 1.88 bits per heavy atom. The third kappa shape index (κ3) is 4.18. The summed E-state index contributed by atoms with van der Waals surface area (Å²) in [5, 5.41) is 9.59. The summed E-state index contributed by atoms with van der Waals surface area (Å²) in [7, 11) is 1.61. The molecule has 0 bridgehead atoms. The molecule has 7 heteroatoms. The van der Waals surface area contributed by atoms with E-state index in [1.54, 1.807) is 19.2 Å². The Kier molecular flexibility index (Phi) is 5.17. The van der Waals surface area contributed by atoms with E-state index in [4.69, 9.17) is 9.26 Å². The summed E-state index contributed by atoms with van der Waals surface area (Å²) in [6, 6.07) is 14.4. The number of ether oxygens (including phenoxy) is 1. The molecule has 0 aliphatic carbocycles. The molecule has 0 fully saturated rings. The zero-order valence-corrected chi connectivity index (χ0v) is 14.8. The van der Waals surface area contributed by atoms with Crippen LogP contribution in [0.15, 0.2) is 53.1 Å². The number of rotatable bonds is 5. The van der Waals surface area contributed by atoms with Gasteiger partial charge in [-0.1, -0.05) is 17.3 Å². The number of amides is 2. The number of carbonyl (C=O) groups excluding carboxylic acids is 1. The molecule has 0 aliphatic rings. The lowest BCUT2D eigenvalue weighted by molar-refractivity contribution is 0.250. The standard InChI is InChI=1S/C19H20N4O3/c1-12(2)20-19(24)21-15-6-4-5-14(11-15)17-22-18(26-23-17)13-7-9-16(25-3)10-8-13/h4-12H,1-3H3,(H2,20,21,24). The lowest BCUT2D eigenvalue weighted by atomic mass is 10.2. The van der Waals surface area contributed by atoms with Crippen molar-refractivity contribution in [1.29, 1.82) is 0 Å². The predicted molar refractivity (Wildman–Crippen MR) is 99.0 cm³/mol. The first-order chi connectivity index (χ1) is 12.5. The van der Waals surface area contributed by atoms with Crippen molar-refractivity contribution in [1.82, 2.24) is 15.5 Å². The largest absolute Gasteiger partial charge is 0.497 e. The SMILES string of the molecule is COc1ccc(-c2nc(-c3cccc(NC(=O)NC(C)C)c3)no2)cc1. The third-order valence-corrected chi connectivity index (χ3v) is 3.56. The summed E-state index contributed by atoms with van der Waals surface area (Å²) in [4.78, 5) is 16.3. The lowest BCUT2D eigenvalue weighted by Crippen LogP contribution is -2.34. The monoisotopic (exact) mass is 352 g/mol. The molecule has 0 radical (unpaired) electrons. The molecule has 3 aromatic rings. The molecule has 0 aliphatic heterocycles. The summed E-state index contributed by atoms with van der Waals surface area (Å²) < 4.78 is 10.5. The van der Waals surface area contributed by atoms with Crippen LogP contribution >= 0.6 is 0 Å². The number of anilines is 1. The van der Waals surface area contributed by atoms with Crippen molar-refractivity contribution >= 4 is 11.7 Å². The van der Waals surface area contributed by atoms with Crippen LogP contribution in [0.25, 0.3) is 22.8 Å². The average Bonchev–Trinajstić information content (AvgIpc) is 3.11. The number of hydrogen-bond donors (Lipinski definition) is 2. The van der Waals surface area contributed by atoms with Gasteiger partial charge in [0.1, 0.15) is 5.75 Å². The van der Waals surface area contributed by atoms with E-state index in [2.05, 4.69) is 20.8 Å². The van der Waals surface area contributed by atoms with Crippen molar-refractivity contribution in [2.24, 2.45) is 0 Å². The molecule has 0 atom stereocenters. The van der Waals surface area contributed by atoms with E-state index in [0.717, 1.165) is 16.9 Å². The Morgan fingerprint density at radius 1 is 1.12 bits per heavy atom. The van der Waals surface area contributed by atoms with Gasteiger partial charge < -0.3 is 19.9 Å². The number of nitrogens with zero attached hydrogens (tertiary/aromatic N) is 2. The van der Waals surface area contributed by atoms with Crippen LogP contribution in [0.5, 0.6) is 5.75 Å². The first-order valence-electron chi connectivity index (χ1n) is 8.21. The van der Waals surface area contributed by atoms with Crippen molar-refractivity contribution in [3.05, 3.63) is 48.5 Å². The lowest BCUT2D eigenvalue weighted by Gasteiger charge is -2.10. The topological polar surface area (TPSA) is 89.3 Å². The van der Waals surface area contributed by atoms with Crippen LogP contribution in [-0.2, 0) is 0 Å². The van der Waals surface area contributed by atoms with Gasteiger partial charge >= 0.3 is 6.03 Å². The van der Waals surface area contributed by atoms with Gasteiger partial charge in [-0.25, -0.2) is 4.79 Å². The molecule has 2 N–H and O–H groups in total. The van der Waals surface area contributed by atoms with Crippen LogP contribution in [0, 0.1) is 0 Å². The van der Waals surface area contributed by atoms with Crippen molar-refractivity contribution in [2.45, 2.75) is 19.9 Å². The van der Waals surface area contributed by atoms with Crippen LogP contribution in [0.3, 0.4) is 0 Å². The van der Waals surface area contributed by atoms with Gasteiger partial charge in [0.15, 0.2) is 0 Å². The number of benzene rings is 2. The average molecular weight is 352 g/mol. The minimum absolute atomic E-state index is 0.0578. The van der Waals surface area contributed by atoms with Crippen LogP contribution in [-0.4, -0.2) is 29.3 Å². The predicted octanol–water partition coefficient (Wildman–Crippen LogP) is 3.94. The molecule has 0 unspecified atom stereocenters. The van der Waals surface area contributed by atoms with Gasteiger partial charge in [-0.05, 0) is 50.2 Å². The molecular formula is C19H20N4O3. The second-order valence-corrected chi connectivity index (χ2v) is 5.99. The van der Waals surface area contributed by atoms with Gasteiger partial charge in [0.2, 0.25) is 5.82 Å². The maximum Gasteiger partial charge on any atom is 0.319 e. The van der Waals surface area contributed by atoms with E-state index in [-0.39, 0.29) is 12.1 Å². The molecule has 0 saturated heterocycles. The fraction of sp³-hybridized carbons (Fsp3) is 0.211. The maximum absolute atomic E-state index is 11.8. The van der Waals surface area contributed by atoms with E-state index >= 15 is 0 Å². The molecule has 2 amide bonds. The quantitative estimate of drug-likeness (QED) is 0.726. The highest BCUT2D eigenvalue weighted by molar-refractivity contribution is 5.90. The Balaban J connectivity index is 1.78. The highest BCUT2D eigenvalue weighted by Crippen LogP contribution is 2.25. The zero-order valence-electron chi connectivity index (χ0n) is 14.8. The summed E-state index contributed by atoms with van der Waals surface area (Å²) in [5.74, 6) is 1.62. The fourth-order valence-corrected chi connectivity index (χ4v) is 2.36. The summed E-state index contributed by atoms with van der Waals surface area (Å²) in [6.07, 6.45) is 0. The van der Waals surface area contributed by atoms with Crippen LogP contribution < -0.4 is 15.4 Å². The highest BCUT2D eigenvalue weighted by Gasteiger charge is 2.12. The minimum atomic E-state index is -0.260. The van der Waals surface area contributed by atoms with Gasteiger partial charge in [0.05, 0.1) is 7.11 Å². The van der Waals surface area contributed by atoms with Gasteiger partial charge in [-0.2, -0.15) is 4.98 Å². The van der Waals surface area contributed by atoms with Crippen LogP contribution in [0.1, 0.15) is 13.8 Å². The summed E-state index contributed by atoms with van der Waals surface area (Å²) >= 11 is 0. The van der Waals surface area contributed by atoms with Crippen molar-refractivity contribution in [3.63, 3.8) is 0 Å². The first-order valence-corrected chi connectivity index (χ1v) is 8.21. The molecule has 26 heavy (non-hydrogen) atoms. The normalized spacial score (nSPS) is 10.6. The van der Waals surface area contributed by atoms with E-state index < -0.39 is 0 Å². The molecule has 3 rings (SSSR count). The van der Waals surface area contributed by atoms with E-state index in [0.29, 0.717) is 17.4 Å². The zero-order chi connectivity index (χ0) is 18.5. The Labute approximate surface area is 151 Å². The smallest absolute Gasteiger partial charge is 0.319 e.